The van der Waals surface area contributed by atoms with Gasteiger partial charge in [-0.25, -0.2) is 0 Å². The molecule has 0 saturated carbocycles. The lowest BCUT2D eigenvalue weighted by atomic mass is 10.0. The van der Waals surface area contributed by atoms with Crippen LogP contribution >= 0.6 is 0 Å². The third-order valence-electron chi connectivity index (χ3n) is 3.03. The van der Waals surface area contributed by atoms with Crippen LogP contribution in [0.2, 0.25) is 0 Å². The molecule has 0 aromatic rings. The van der Waals surface area contributed by atoms with E-state index in [9.17, 15) is 9.59 Å². The number of nitrogens with zero attached hydrogens (tertiary/aromatic N) is 1. The molecule has 16 heavy (non-hydrogen) atoms. The van der Waals surface area contributed by atoms with Crippen LogP contribution in [0.15, 0.2) is 12.7 Å². The molecule has 2 atom stereocenters. The van der Waals surface area contributed by atoms with Gasteiger partial charge in [-0.3, -0.25) is 9.59 Å². The Hall–Kier alpha value is -1.32. The van der Waals surface area contributed by atoms with Crippen molar-refractivity contribution in [3.8, 4) is 0 Å². The molecule has 1 heterocycles. The molecule has 0 aliphatic carbocycles. The average molecular weight is 224 g/mol. The summed E-state index contributed by atoms with van der Waals surface area (Å²) in [5.41, 5.74) is 5.30. The first kappa shape index (κ1) is 12.7. The summed E-state index contributed by atoms with van der Waals surface area (Å²) in [4.78, 5) is 24.6. The van der Waals surface area contributed by atoms with Crippen LogP contribution in [0.1, 0.15) is 32.6 Å². The molecule has 90 valence electrons. The molecule has 4 heteroatoms. The number of rotatable bonds is 6. The van der Waals surface area contributed by atoms with E-state index >= 15 is 0 Å². The summed E-state index contributed by atoms with van der Waals surface area (Å²) in [6.07, 6.45) is 4.72. The third kappa shape index (κ3) is 2.84. The van der Waals surface area contributed by atoms with Crippen molar-refractivity contribution >= 4 is 11.8 Å². The molecule has 0 aromatic heterocycles. The lowest BCUT2D eigenvalue weighted by Crippen LogP contribution is -2.45. The highest BCUT2D eigenvalue weighted by molar-refractivity contribution is 5.88. The van der Waals surface area contributed by atoms with Gasteiger partial charge in [-0.1, -0.05) is 19.4 Å². The minimum absolute atomic E-state index is 0.0455. The van der Waals surface area contributed by atoms with Crippen molar-refractivity contribution in [3.63, 3.8) is 0 Å². The normalized spacial score (nSPS) is 22.2. The van der Waals surface area contributed by atoms with Gasteiger partial charge in [0.1, 0.15) is 6.04 Å². The summed E-state index contributed by atoms with van der Waals surface area (Å²) in [6, 6.07) is -0.508. The smallest absolute Gasteiger partial charge is 0.240 e. The van der Waals surface area contributed by atoms with Gasteiger partial charge < -0.3 is 10.6 Å². The van der Waals surface area contributed by atoms with Crippen molar-refractivity contribution in [2.24, 2.45) is 11.7 Å². The van der Waals surface area contributed by atoms with E-state index in [2.05, 4.69) is 13.5 Å². The SMILES string of the molecule is C=CCC(C(N)=O)N1CC(CCC)CC1=O. The summed E-state index contributed by atoms with van der Waals surface area (Å²) in [7, 11) is 0. The van der Waals surface area contributed by atoms with Crippen molar-refractivity contribution in [2.75, 3.05) is 6.54 Å². The maximum Gasteiger partial charge on any atom is 0.240 e. The molecular weight excluding hydrogens is 204 g/mol. The van der Waals surface area contributed by atoms with Crippen LogP contribution in [0.4, 0.5) is 0 Å². The van der Waals surface area contributed by atoms with Gasteiger partial charge in [-0.15, -0.1) is 6.58 Å². The first-order valence-corrected chi connectivity index (χ1v) is 5.79. The Morgan fingerprint density at radius 3 is 2.94 bits per heavy atom. The van der Waals surface area contributed by atoms with Crippen LogP contribution in [-0.4, -0.2) is 29.3 Å². The van der Waals surface area contributed by atoms with Crippen LogP contribution < -0.4 is 5.73 Å². The third-order valence-corrected chi connectivity index (χ3v) is 3.03. The quantitative estimate of drug-likeness (QED) is 0.686. The fraction of sp³-hybridized carbons (Fsp3) is 0.667. The molecule has 0 radical (unpaired) electrons. The number of likely N-dealkylation sites (tertiary alicyclic amines) is 1. The van der Waals surface area contributed by atoms with Crippen molar-refractivity contribution in [2.45, 2.75) is 38.6 Å². The Labute approximate surface area is 96.5 Å². The first-order valence-electron chi connectivity index (χ1n) is 5.79. The number of carbonyl (C=O) groups is 2. The molecule has 2 N–H and O–H groups in total. The molecule has 0 bridgehead atoms. The van der Waals surface area contributed by atoms with Crippen LogP contribution in [0.3, 0.4) is 0 Å². The molecule has 0 spiro atoms. The zero-order valence-electron chi connectivity index (χ0n) is 9.82. The van der Waals surface area contributed by atoms with Crippen LogP contribution in [-0.2, 0) is 9.59 Å². The molecule has 4 nitrogen and oxygen atoms in total. The van der Waals surface area contributed by atoms with Crippen molar-refractivity contribution in [1.82, 2.24) is 4.90 Å². The zero-order valence-corrected chi connectivity index (χ0v) is 9.82. The summed E-state index contributed by atoms with van der Waals surface area (Å²) in [5, 5.41) is 0. The van der Waals surface area contributed by atoms with Crippen LogP contribution in [0.5, 0.6) is 0 Å². The molecule has 1 fully saturated rings. The number of amides is 2. The minimum Gasteiger partial charge on any atom is -0.368 e. The van der Waals surface area contributed by atoms with Crippen LogP contribution in [0.25, 0.3) is 0 Å². The Morgan fingerprint density at radius 2 is 2.44 bits per heavy atom. The van der Waals surface area contributed by atoms with E-state index in [0.717, 1.165) is 12.8 Å². The predicted octanol–water partition coefficient (Wildman–Crippen LogP) is 1.06. The van der Waals surface area contributed by atoms with Gasteiger partial charge in [-0.2, -0.15) is 0 Å². The van der Waals surface area contributed by atoms with E-state index in [-0.39, 0.29) is 5.91 Å². The number of primary amides is 1. The lowest BCUT2D eigenvalue weighted by Gasteiger charge is -2.24. The van der Waals surface area contributed by atoms with E-state index in [4.69, 9.17) is 5.73 Å². The van der Waals surface area contributed by atoms with E-state index in [0.29, 0.717) is 25.3 Å². The van der Waals surface area contributed by atoms with Gasteiger partial charge in [0, 0.05) is 13.0 Å². The van der Waals surface area contributed by atoms with E-state index in [1.165, 1.54) is 0 Å². The maximum atomic E-state index is 11.8. The lowest BCUT2D eigenvalue weighted by molar-refractivity contribution is -0.135. The summed E-state index contributed by atoms with van der Waals surface area (Å²) in [5.74, 6) is -0.0151. The number of carbonyl (C=O) groups excluding carboxylic acids is 2. The summed E-state index contributed by atoms with van der Waals surface area (Å²) < 4.78 is 0. The van der Waals surface area contributed by atoms with Crippen molar-refractivity contribution in [1.29, 1.82) is 0 Å². The first-order chi connectivity index (χ1) is 7.60. The van der Waals surface area contributed by atoms with E-state index in [1.54, 1.807) is 11.0 Å². The molecule has 2 unspecified atom stereocenters. The fourth-order valence-electron chi connectivity index (χ4n) is 2.27. The van der Waals surface area contributed by atoms with Gasteiger partial charge >= 0.3 is 0 Å². The molecule has 1 rings (SSSR count). The number of nitrogens with two attached hydrogens (primary N) is 1. The molecule has 2 amide bonds. The molecule has 1 saturated heterocycles. The Morgan fingerprint density at radius 1 is 1.75 bits per heavy atom. The average Bonchev–Trinajstić information content (AvgIpc) is 2.56. The topological polar surface area (TPSA) is 63.4 Å². The van der Waals surface area contributed by atoms with Crippen LogP contribution in [0, 0.1) is 5.92 Å². The molecule has 0 aromatic carbocycles. The van der Waals surface area contributed by atoms with Gasteiger partial charge in [0.25, 0.3) is 0 Å². The Bertz CT molecular complexity index is 289. The summed E-state index contributed by atoms with van der Waals surface area (Å²) >= 11 is 0. The number of hydrogen-bond acceptors (Lipinski definition) is 2. The second-order valence-corrected chi connectivity index (χ2v) is 4.35. The molecule has 1 aliphatic heterocycles. The second kappa shape index (κ2) is 5.68. The van der Waals surface area contributed by atoms with Crippen molar-refractivity contribution in [3.05, 3.63) is 12.7 Å². The van der Waals surface area contributed by atoms with E-state index < -0.39 is 11.9 Å². The predicted molar refractivity (Wildman–Crippen MR) is 62.5 cm³/mol. The standard InChI is InChI=1S/C12H20N2O2/c1-3-5-9-7-11(15)14(8-9)10(6-4-2)12(13)16/h4,9-10H,2-3,5-8H2,1H3,(H2,13,16). The molecule has 1 aliphatic rings. The van der Waals surface area contributed by atoms with Gasteiger partial charge in [0.05, 0.1) is 0 Å². The van der Waals surface area contributed by atoms with Crippen molar-refractivity contribution < 1.29 is 9.59 Å². The fourth-order valence-corrected chi connectivity index (χ4v) is 2.27. The zero-order chi connectivity index (χ0) is 12.1. The van der Waals surface area contributed by atoms with Gasteiger partial charge in [0.15, 0.2) is 0 Å². The van der Waals surface area contributed by atoms with E-state index in [1.807, 2.05) is 0 Å². The second-order valence-electron chi connectivity index (χ2n) is 4.35. The monoisotopic (exact) mass is 224 g/mol. The summed E-state index contributed by atoms with van der Waals surface area (Å²) in [6.45, 7) is 6.35. The Kier molecular flexibility index (Phi) is 4.52. The van der Waals surface area contributed by atoms with Gasteiger partial charge in [0.2, 0.25) is 11.8 Å². The van der Waals surface area contributed by atoms with Gasteiger partial charge in [-0.05, 0) is 18.8 Å². The minimum atomic E-state index is -0.508. The highest BCUT2D eigenvalue weighted by Gasteiger charge is 2.35. The highest BCUT2D eigenvalue weighted by Crippen LogP contribution is 2.24. The molecular formula is C12H20N2O2. The largest absolute Gasteiger partial charge is 0.368 e. The maximum absolute atomic E-state index is 11.8. The Balaban J connectivity index is 2.67. The highest BCUT2D eigenvalue weighted by atomic mass is 16.2. The number of hydrogen-bond donors (Lipinski definition) is 1.